The van der Waals surface area contributed by atoms with E-state index in [2.05, 4.69) is 21.9 Å². The highest BCUT2D eigenvalue weighted by Gasteiger charge is 2.28. The summed E-state index contributed by atoms with van der Waals surface area (Å²) in [5.74, 6) is -0.0434. The molecule has 1 aliphatic rings. The van der Waals surface area contributed by atoms with E-state index >= 15 is 0 Å². The van der Waals surface area contributed by atoms with Gasteiger partial charge in [-0.2, -0.15) is 0 Å². The summed E-state index contributed by atoms with van der Waals surface area (Å²) in [7, 11) is 0. The molecule has 1 atom stereocenters. The number of likely N-dealkylation sites (tertiary alicyclic amines) is 1. The van der Waals surface area contributed by atoms with Crippen LogP contribution in [0.25, 0.3) is 5.57 Å². The molecule has 7 heteroatoms. The van der Waals surface area contributed by atoms with Crippen molar-refractivity contribution in [3.8, 4) is 0 Å². The van der Waals surface area contributed by atoms with Crippen LogP contribution in [0.2, 0.25) is 0 Å². The quantitative estimate of drug-likeness (QED) is 0.782. The summed E-state index contributed by atoms with van der Waals surface area (Å²) in [6.07, 6.45) is 0.701. The van der Waals surface area contributed by atoms with Gasteiger partial charge in [-0.3, -0.25) is 9.78 Å². The van der Waals surface area contributed by atoms with Crippen LogP contribution in [0.4, 0.5) is 4.79 Å². The van der Waals surface area contributed by atoms with Gasteiger partial charge in [0.2, 0.25) is 0 Å². The molecule has 0 bridgehead atoms. The summed E-state index contributed by atoms with van der Waals surface area (Å²) >= 11 is 0. The lowest BCUT2D eigenvalue weighted by Crippen LogP contribution is -2.39. The Morgan fingerprint density at radius 2 is 2.00 bits per heavy atom. The van der Waals surface area contributed by atoms with Crippen molar-refractivity contribution in [1.29, 1.82) is 0 Å². The minimum Gasteiger partial charge on any atom is -0.334 e. The Labute approximate surface area is 144 Å². The second-order valence-electron chi connectivity index (χ2n) is 6.10. The van der Waals surface area contributed by atoms with Crippen LogP contribution in [0.1, 0.15) is 23.6 Å². The Morgan fingerprint density at radius 1 is 1.24 bits per heavy atom. The highest BCUT2D eigenvalue weighted by molar-refractivity contribution is 5.77. The Balaban J connectivity index is 1.56. The average molecular weight is 340 g/mol. The van der Waals surface area contributed by atoms with Gasteiger partial charge in [-0.1, -0.05) is 36.9 Å². The first-order chi connectivity index (χ1) is 12.0. The van der Waals surface area contributed by atoms with E-state index < -0.39 is 11.2 Å². The predicted molar refractivity (Wildman–Crippen MR) is 95.5 cm³/mol. The van der Waals surface area contributed by atoms with E-state index in [0.717, 1.165) is 11.1 Å². The molecule has 2 amide bonds. The fourth-order valence-corrected chi connectivity index (χ4v) is 2.98. The Morgan fingerprint density at radius 3 is 2.72 bits per heavy atom. The van der Waals surface area contributed by atoms with Crippen molar-refractivity contribution < 1.29 is 4.79 Å². The van der Waals surface area contributed by atoms with Crippen LogP contribution < -0.4 is 16.6 Å². The fraction of sp³-hybridized carbons (Fsp3) is 0.278. The lowest BCUT2D eigenvalue weighted by molar-refractivity contribution is 0.209. The molecule has 25 heavy (non-hydrogen) atoms. The van der Waals surface area contributed by atoms with Gasteiger partial charge in [0, 0.05) is 37.3 Å². The number of carbonyl (C=O) groups excluding carboxylic acids is 1. The summed E-state index contributed by atoms with van der Waals surface area (Å²) in [5.41, 5.74) is 1.44. The number of urea groups is 1. The molecular weight excluding hydrogens is 320 g/mol. The van der Waals surface area contributed by atoms with Gasteiger partial charge in [-0.05, 0) is 17.6 Å². The maximum Gasteiger partial charge on any atom is 0.325 e. The third-order valence-electron chi connectivity index (χ3n) is 4.33. The van der Waals surface area contributed by atoms with Crippen LogP contribution in [0.3, 0.4) is 0 Å². The minimum atomic E-state index is -0.524. The zero-order valence-electron chi connectivity index (χ0n) is 13.7. The number of hydrogen-bond donors (Lipinski definition) is 3. The number of aromatic amines is 2. The number of H-pyrrole nitrogens is 2. The van der Waals surface area contributed by atoms with Gasteiger partial charge >= 0.3 is 11.7 Å². The molecule has 3 rings (SSSR count). The number of nitrogens with zero attached hydrogens (tertiary/aromatic N) is 1. The fourth-order valence-electron chi connectivity index (χ4n) is 2.98. The molecule has 1 aromatic heterocycles. The summed E-state index contributed by atoms with van der Waals surface area (Å²) in [5, 5.41) is 2.87. The van der Waals surface area contributed by atoms with Crippen LogP contribution in [-0.2, 0) is 0 Å². The second kappa shape index (κ2) is 7.21. The van der Waals surface area contributed by atoms with Crippen molar-refractivity contribution in [2.24, 2.45) is 0 Å². The van der Waals surface area contributed by atoms with Crippen molar-refractivity contribution in [3.05, 3.63) is 75.1 Å². The maximum absolute atomic E-state index is 12.3. The first-order valence-corrected chi connectivity index (χ1v) is 8.12. The molecule has 0 aliphatic carbocycles. The summed E-state index contributed by atoms with van der Waals surface area (Å²) in [4.78, 5) is 41.6. The van der Waals surface area contributed by atoms with Crippen LogP contribution in [0, 0.1) is 0 Å². The van der Waals surface area contributed by atoms with E-state index in [1.54, 1.807) is 4.90 Å². The molecule has 1 fully saturated rings. The van der Waals surface area contributed by atoms with Crippen molar-refractivity contribution in [3.63, 3.8) is 0 Å². The molecule has 2 aromatic rings. The molecule has 1 unspecified atom stereocenters. The molecular formula is C18H20N4O3. The van der Waals surface area contributed by atoms with E-state index in [9.17, 15) is 14.4 Å². The average Bonchev–Trinajstić information content (AvgIpc) is 3.09. The lowest BCUT2D eigenvalue weighted by atomic mass is 10.1. The number of rotatable bonds is 4. The van der Waals surface area contributed by atoms with E-state index in [4.69, 9.17) is 0 Å². The lowest BCUT2D eigenvalue weighted by Gasteiger charge is -2.18. The Kier molecular flexibility index (Phi) is 4.83. The molecule has 3 N–H and O–H groups in total. The zero-order chi connectivity index (χ0) is 17.8. The third-order valence-corrected chi connectivity index (χ3v) is 4.33. The van der Waals surface area contributed by atoms with Gasteiger partial charge in [0.1, 0.15) is 0 Å². The standard InChI is InChI=1S/C18H20N4O3/c1-12(13-5-3-2-4-6-13)10-19-18(25)22-8-7-14(11-22)15-9-16(23)21-17(24)20-15/h2-6,9,14H,1,7-8,10-11H2,(H,19,25)(H2,20,21,23,24). The van der Waals surface area contributed by atoms with E-state index in [1.165, 1.54) is 6.07 Å². The first kappa shape index (κ1) is 16.8. The van der Waals surface area contributed by atoms with Crippen LogP contribution in [-0.4, -0.2) is 40.5 Å². The normalized spacial score (nSPS) is 16.6. The first-order valence-electron chi connectivity index (χ1n) is 8.12. The minimum absolute atomic E-state index is 0.0434. The zero-order valence-corrected chi connectivity index (χ0v) is 13.7. The number of carbonyl (C=O) groups is 1. The molecule has 0 saturated carbocycles. The molecule has 1 aliphatic heterocycles. The third kappa shape index (κ3) is 4.06. The molecule has 1 aromatic carbocycles. The number of aromatic nitrogens is 2. The Bertz CT molecular complexity index is 857. The van der Waals surface area contributed by atoms with Gasteiger partial charge < -0.3 is 15.2 Å². The molecule has 130 valence electrons. The predicted octanol–water partition coefficient (Wildman–Crippen LogP) is 1.28. The van der Waals surface area contributed by atoms with Crippen molar-refractivity contribution >= 4 is 11.6 Å². The SMILES string of the molecule is C=C(CNC(=O)N1CCC(c2cc(=O)[nH]c(=O)[nH]2)C1)c1ccccc1. The van der Waals surface area contributed by atoms with Crippen LogP contribution >= 0.6 is 0 Å². The summed E-state index contributed by atoms with van der Waals surface area (Å²) < 4.78 is 0. The smallest absolute Gasteiger partial charge is 0.325 e. The summed E-state index contributed by atoms with van der Waals surface area (Å²) in [6, 6.07) is 10.9. The number of hydrogen-bond acceptors (Lipinski definition) is 3. The molecule has 2 heterocycles. The largest absolute Gasteiger partial charge is 0.334 e. The maximum atomic E-state index is 12.3. The van der Waals surface area contributed by atoms with E-state index in [-0.39, 0.29) is 11.9 Å². The van der Waals surface area contributed by atoms with Crippen molar-refractivity contribution in [2.45, 2.75) is 12.3 Å². The van der Waals surface area contributed by atoms with E-state index in [1.807, 2.05) is 30.3 Å². The molecule has 0 radical (unpaired) electrons. The highest BCUT2D eigenvalue weighted by atomic mass is 16.2. The Hall–Kier alpha value is -3.09. The second-order valence-corrected chi connectivity index (χ2v) is 6.10. The van der Waals surface area contributed by atoms with Crippen molar-refractivity contribution in [2.75, 3.05) is 19.6 Å². The van der Waals surface area contributed by atoms with Gasteiger partial charge in [0.05, 0.1) is 0 Å². The number of benzene rings is 1. The van der Waals surface area contributed by atoms with Crippen LogP contribution in [0.5, 0.6) is 0 Å². The molecule has 7 nitrogen and oxygen atoms in total. The van der Waals surface area contributed by atoms with Gasteiger partial charge in [0.25, 0.3) is 5.56 Å². The summed E-state index contributed by atoms with van der Waals surface area (Å²) in [6.45, 7) is 5.40. The van der Waals surface area contributed by atoms with Crippen LogP contribution in [0.15, 0.2) is 52.6 Å². The van der Waals surface area contributed by atoms with Crippen molar-refractivity contribution in [1.82, 2.24) is 20.2 Å². The molecule has 1 saturated heterocycles. The van der Waals surface area contributed by atoms with Gasteiger partial charge in [0.15, 0.2) is 0 Å². The van der Waals surface area contributed by atoms with Gasteiger partial charge in [-0.25, -0.2) is 9.59 Å². The number of nitrogens with one attached hydrogen (secondary N) is 3. The monoisotopic (exact) mass is 340 g/mol. The highest BCUT2D eigenvalue weighted by Crippen LogP contribution is 2.24. The molecule has 0 spiro atoms. The number of amides is 2. The topological polar surface area (TPSA) is 98.1 Å². The van der Waals surface area contributed by atoms with E-state index in [0.29, 0.717) is 31.7 Å². The van der Waals surface area contributed by atoms with Gasteiger partial charge in [-0.15, -0.1) is 0 Å².